The van der Waals surface area contributed by atoms with Gasteiger partial charge in [-0.25, -0.2) is 5.43 Å². The number of nitrogens with one attached hydrogen (secondary N) is 1. The van der Waals surface area contributed by atoms with E-state index in [2.05, 4.69) is 20.7 Å². The molecule has 1 aromatic carbocycles. The minimum Gasteiger partial charge on any atom is -0.493 e. The van der Waals surface area contributed by atoms with Crippen LogP contribution in [0, 0.1) is 0 Å². The first-order valence-electron chi connectivity index (χ1n) is 8.80. The van der Waals surface area contributed by atoms with Gasteiger partial charge in [0.05, 0.1) is 32.5 Å². The first-order chi connectivity index (χ1) is 14.2. The molecule has 0 fully saturated rings. The number of carbonyl (C=O) groups is 1. The van der Waals surface area contributed by atoms with Crippen LogP contribution in [0.1, 0.15) is 12.7 Å². The SMILES string of the molecule is CCn1c(SCC(=O)NN=Cc2ccco2)nnc1-c1ccc(OC)c(OC)c1. The quantitative estimate of drug-likeness (QED) is 0.326. The van der Waals surface area contributed by atoms with Crippen LogP contribution in [-0.4, -0.2) is 46.9 Å². The van der Waals surface area contributed by atoms with Crippen molar-refractivity contribution in [2.24, 2.45) is 5.10 Å². The van der Waals surface area contributed by atoms with Crippen LogP contribution in [-0.2, 0) is 11.3 Å². The van der Waals surface area contributed by atoms with Gasteiger partial charge >= 0.3 is 0 Å². The molecule has 152 valence electrons. The van der Waals surface area contributed by atoms with E-state index in [0.717, 1.165) is 5.56 Å². The van der Waals surface area contributed by atoms with E-state index in [0.29, 0.717) is 34.8 Å². The topological polar surface area (TPSA) is 104 Å². The fourth-order valence-electron chi connectivity index (χ4n) is 2.56. The standard InChI is InChI=1S/C19H21N5O4S/c1-4-24-18(13-7-8-15(26-2)16(10-13)27-3)22-23-19(24)29-12-17(25)21-20-11-14-6-5-9-28-14/h5-11H,4,12H2,1-3H3,(H,21,25). The number of thioether (sulfide) groups is 1. The Hall–Kier alpha value is -3.27. The zero-order valence-electron chi connectivity index (χ0n) is 16.3. The molecule has 0 atom stereocenters. The van der Waals surface area contributed by atoms with Crippen molar-refractivity contribution >= 4 is 23.9 Å². The van der Waals surface area contributed by atoms with Crippen LogP contribution in [0.5, 0.6) is 11.5 Å². The molecular weight excluding hydrogens is 394 g/mol. The summed E-state index contributed by atoms with van der Waals surface area (Å²) in [7, 11) is 3.17. The maximum absolute atomic E-state index is 12.0. The smallest absolute Gasteiger partial charge is 0.250 e. The number of aromatic nitrogens is 3. The molecular formula is C19H21N5O4S. The van der Waals surface area contributed by atoms with Gasteiger partial charge in [0.15, 0.2) is 22.5 Å². The molecule has 1 N–H and O–H groups in total. The molecule has 0 saturated carbocycles. The Kier molecular flexibility index (Phi) is 6.90. The molecule has 0 radical (unpaired) electrons. The van der Waals surface area contributed by atoms with Gasteiger partial charge in [0, 0.05) is 12.1 Å². The third kappa shape index (κ3) is 4.96. The van der Waals surface area contributed by atoms with Gasteiger partial charge < -0.3 is 18.5 Å². The van der Waals surface area contributed by atoms with Gasteiger partial charge in [0.1, 0.15) is 5.76 Å². The number of ether oxygens (including phenoxy) is 2. The Labute approximate surface area is 172 Å². The summed E-state index contributed by atoms with van der Waals surface area (Å²) < 4.78 is 17.7. The molecule has 2 heterocycles. The molecule has 3 rings (SSSR count). The number of carbonyl (C=O) groups excluding carboxylic acids is 1. The molecule has 0 aliphatic rings. The number of benzene rings is 1. The number of hydrogen-bond donors (Lipinski definition) is 1. The van der Waals surface area contributed by atoms with Crippen LogP contribution in [0.2, 0.25) is 0 Å². The molecule has 0 aliphatic carbocycles. The zero-order chi connectivity index (χ0) is 20.6. The van der Waals surface area contributed by atoms with E-state index in [4.69, 9.17) is 13.9 Å². The lowest BCUT2D eigenvalue weighted by Gasteiger charge is -2.10. The highest BCUT2D eigenvalue weighted by Crippen LogP contribution is 2.32. The molecule has 0 spiro atoms. The van der Waals surface area contributed by atoms with Gasteiger partial charge in [-0.3, -0.25) is 4.79 Å². The molecule has 0 bridgehead atoms. The van der Waals surface area contributed by atoms with Crippen LogP contribution in [0.15, 0.2) is 51.3 Å². The summed E-state index contributed by atoms with van der Waals surface area (Å²) in [5.74, 6) is 2.39. The lowest BCUT2D eigenvalue weighted by molar-refractivity contribution is -0.118. The van der Waals surface area contributed by atoms with Crippen molar-refractivity contribution in [3.8, 4) is 22.9 Å². The number of amides is 1. The van der Waals surface area contributed by atoms with E-state index in [1.165, 1.54) is 24.2 Å². The molecule has 29 heavy (non-hydrogen) atoms. The Morgan fingerprint density at radius 3 is 2.79 bits per heavy atom. The third-order valence-electron chi connectivity index (χ3n) is 3.93. The fourth-order valence-corrected chi connectivity index (χ4v) is 3.36. The average Bonchev–Trinajstić information content (AvgIpc) is 3.41. The van der Waals surface area contributed by atoms with E-state index < -0.39 is 0 Å². The van der Waals surface area contributed by atoms with Gasteiger partial charge in [0.25, 0.3) is 5.91 Å². The van der Waals surface area contributed by atoms with Crippen molar-refractivity contribution in [1.82, 2.24) is 20.2 Å². The number of methoxy groups -OCH3 is 2. The van der Waals surface area contributed by atoms with Crippen LogP contribution >= 0.6 is 11.8 Å². The minimum absolute atomic E-state index is 0.152. The van der Waals surface area contributed by atoms with Crippen LogP contribution < -0.4 is 14.9 Å². The van der Waals surface area contributed by atoms with Crippen molar-refractivity contribution in [3.05, 3.63) is 42.4 Å². The Balaban J connectivity index is 1.67. The van der Waals surface area contributed by atoms with Crippen LogP contribution in [0.4, 0.5) is 0 Å². The van der Waals surface area contributed by atoms with Gasteiger partial charge in [-0.15, -0.1) is 10.2 Å². The van der Waals surface area contributed by atoms with Crippen LogP contribution in [0.25, 0.3) is 11.4 Å². The highest BCUT2D eigenvalue weighted by atomic mass is 32.2. The van der Waals surface area contributed by atoms with E-state index in [1.54, 1.807) is 26.4 Å². The monoisotopic (exact) mass is 415 g/mol. The second-order valence-electron chi connectivity index (χ2n) is 5.72. The number of hydrazone groups is 1. The lowest BCUT2D eigenvalue weighted by Crippen LogP contribution is -2.20. The summed E-state index contributed by atoms with van der Waals surface area (Å²) in [6.07, 6.45) is 2.97. The number of rotatable bonds is 9. The normalized spacial score (nSPS) is 11.0. The number of furan rings is 1. The summed E-state index contributed by atoms with van der Waals surface area (Å²) in [4.78, 5) is 12.0. The highest BCUT2D eigenvalue weighted by molar-refractivity contribution is 7.99. The number of nitrogens with zero attached hydrogens (tertiary/aromatic N) is 4. The molecule has 1 amide bonds. The molecule has 10 heteroatoms. The summed E-state index contributed by atoms with van der Waals surface area (Å²) in [5, 5.41) is 13.0. The zero-order valence-corrected chi connectivity index (χ0v) is 17.1. The molecule has 9 nitrogen and oxygen atoms in total. The third-order valence-corrected chi connectivity index (χ3v) is 4.90. The minimum atomic E-state index is -0.254. The maximum atomic E-state index is 12.0. The van der Waals surface area contributed by atoms with Gasteiger partial charge in [-0.05, 0) is 37.3 Å². The Bertz CT molecular complexity index is 985. The van der Waals surface area contributed by atoms with Crippen molar-refractivity contribution in [1.29, 1.82) is 0 Å². The van der Waals surface area contributed by atoms with Crippen molar-refractivity contribution in [3.63, 3.8) is 0 Å². The van der Waals surface area contributed by atoms with E-state index in [-0.39, 0.29) is 11.7 Å². The van der Waals surface area contributed by atoms with Crippen LogP contribution in [0.3, 0.4) is 0 Å². The Morgan fingerprint density at radius 2 is 2.10 bits per heavy atom. The molecule has 0 unspecified atom stereocenters. The summed E-state index contributed by atoms with van der Waals surface area (Å²) in [6.45, 7) is 2.64. The van der Waals surface area contributed by atoms with E-state index >= 15 is 0 Å². The van der Waals surface area contributed by atoms with Gasteiger partial charge in [-0.1, -0.05) is 11.8 Å². The molecule has 3 aromatic rings. The summed E-state index contributed by atoms with van der Waals surface area (Å²) in [6, 6.07) is 9.04. The Morgan fingerprint density at radius 1 is 1.28 bits per heavy atom. The number of hydrogen-bond acceptors (Lipinski definition) is 8. The van der Waals surface area contributed by atoms with Crippen molar-refractivity contribution < 1.29 is 18.7 Å². The lowest BCUT2D eigenvalue weighted by atomic mass is 10.2. The first-order valence-corrected chi connectivity index (χ1v) is 9.78. The van der Waals surface area contributed by atoms with Crippen molar-refractivity contribution in [2.75, 3.05) is 20.0 Å². The summed E-state index contributed by atoms with van der Waals surface area (Å²) in [5.41, 5.74) is 3.30. The van der Waals surface area contributed by atoms with Gasteiger partial charge in [-0.2, -0.15) is 5.10 Å². The molecule has 0 saturated heterocycles. The predicted molar refractivity (Wildman–Crippen MR) is 109 cm³/mol. The second kappa shape index (κ2) is 9.78. The largest absolute Gasteiger partial charge is 0.493 e. The van der Waals surface area contributed by atoms with E-state index in [1.807, 2.05) is 29.7 Å². The summed E-state index contributed by atoms with van der Waals surface area (Å²) >= 11 is 1.28. The second-order valence-corrected chi connectivity index (χ2v) is 6.66. The van der Waals surface area contributed by atoms with Gasteiger partial charge in [0.2, 0.25) is 0 Å². The molecule has 2 aromatic heterocycles. The average molecular weight is 415 g/mol. The first kappa shape index (κ1) is 20.5. The fraction of sp³-hybridized carbons (Fsp3) is 0.263. The maximum Gasteiger partial charge on any atom is 0.250 e. The predicted octanol–water partition coefficient (Wildman–Crippen LogP) is 2.82. The van der Waals surface area contributed by atoms with Crippen molar-refractivity contribution in [2.45, 2.75) is 18.6 Å². The molecule has 0 aliphatic heterocycles. The highest BCUT2D eigenvalue weighted by Gasteiger charge is 2.16. The van der Waals surface area contributed by atoms with E-state index in [9.17, 15) is 4.79 Å².